The highest BCUT2D eigenvalue weighted by atomic mass is 35.5. The maximum absolute atomic E-state index is 12.9. The van der Waals surface area contributed by atoms with Crippen LogP contribution in [0.4, 0.5) is 4.39 Å². The van der Waals surface area contributed by atoms with Crippen molar-refractivity contribution >= 4 is 11.6 Å². The third-order valence-electron chi connectivity index (χ3n) is 1.85. The molecule has 0 aromatic heterocycles. The molecule has 4 heteroatoms. The van der Waals surface area contributed by atoms with Crippen molar-refractivity contribution in [1.82, 2.24) is 0 Å². The molecule has 1 atom stereocenters. The van der Waals surface area contributed by atoms with Crippen molar-refractivity contribution in [1.29, 1.82) is 0 Å². The van der Waals surface area contributed by atoms with Crippen LogP contribution in [0.25, 0.3) is 0 Å². The number of hydrogen-bond acceptors (Lipinski definition) is 2. The lowest BCUT2D eigenvalue weighted by molar-refractivity contribution is 0.192. The Morgan fingerprint density at radius 2 is 2.33 bits per heavy atom. The number of benzene rings is 1. The van der Waals surface area contributed by atoms with E-state index in [0.29, 0.717) is 11.3 Å². The van der Waals surface area contributed by atoms with E-state index in [0.717, 1.165) is 0 Å². The second kappa shape index (κ2) is 5.73. The summed E-state index contributed by atoms with van der Waals surface area (Å²) >= 11 is 5.33. The fourth-order valence-corrected chi connectivity index (χ4v) is 1.22. The highest BCUT2D eigenvalue weighted by Crippen LogP contribution is 2.25. The van der Waals surface area contributed by atoms with E-state index in [9.17, 15) is 9.50 Å². The summed E-state index contributed by atoms with van der Waals surface area (Å²) in [7, 11) is 0. The van der Waals surface area contributed by atoms with Crippen LogP contribution in [0.2, 0.25) is 0 Å². The van der Waals surface area contributed by atoms with Gasteiger partial charge in [-0.15, -0.1) is 0 Å². The van der Waals surface area contributed by atoms with E-state index < -0.39 is 11.9 Å². The van der Waals surface area contributed by atoms with E-state index in [2.05, 4.69) is 0 Å². The van der Waals surface area contributed by atoms with Gasteiger partial charge in [-0.1, -0.05) is 11.6 Å². The van der Waals surface area contributed by atoms with Crippen LogP contribution in [0.1, 0.15) is 18.6 Å². The molecule has 0 heterocycles. The molecule has 1 aromatic carbocycles. The van der Waals surface area contributed by atoms with Crippen LogP contribution in [0.15, 0.2) is 29.8 Å². The summed E-state index contributed by atoms with van der Waals surface area (Å²) in [6.07, 6.45) is 0.840. The molecular formula is C11H12ClFO2. The molecule has 0 bridgehead atoms. The second-order valence-corrected chi connectivity index (χ2v) is 3.28. The average molecular weight is 231 g/mol. The van der Waals surface area contributed by atoms with Crippen LogP contribution < -0.4 is 4.74 Å². The van der Waals surface area contributed by atoms with Crippen LogP contribution >= 0.6 is 11.6 Å². The molecule has 82 valence electrons. The zero-order valence-electron chi connectivity index (χ0n) is 8.28. The summed E-state index contributed by atoms with van der Waals surface area (Å²) in [6.45, 7) is 1.84. The summed E-state index contributed by atoms with van der Waals surface area (Å²) in [5, 5.41) is 9.39. The van der Waals surface area contributed by atoms with Gasteiger partial charge in [0.25, 0.3) is 0 Å². The van der Waals surface area contributed by atoms with Gasteiger partial charge in [-0.05, 0) is 31.2 Å². The smallest absolute Gasteiger partial charge is 0.125 e. The molecule has 1 rings (SSSR count). The second-order valence-electron chi connectivity index (χ2n) is 3.03. The highest BCUT2D eigenvalue weighted by molar-refractivity contribution is 6.25. The third-order valence-corrected chi connectivity index (χ3v) is 2.02. The van der Waals surface area contributed by atoms with Crippen LogP contribution in [-0.2, 0) is 0 Å². The van der Waals surface area contributed by atoms with Crippen LogP contribution in [-0.4, -0.2) is 11.7 Å². The number of aliphatic hydroxyl groups excluding tert-OH is 1. The number of halogens is 2. The van der Waals surface area contributed by atoms with Crippen LogP contribution in [0.3, 0.4) is 0 Å². The summed E-state index contributed by atoms with van der Waals surface area (Å²) in [5.74, 6) is 0.0623. The first-order valence-corrected chi connectivity index (χ1v) is 4.94. The van der Waals surface area contributed by atoms with E-state index in [1.165, 1.54) is 23.7 Å². The molecule has 2 nitrogen and oxygen atoms in total. The molecule has 0 radical (unpaired) electrons. The molecule has 0 saturated carbocycles. The fraction of sp³-hybridized carbons (Fsp3) is 0.273. The van der Waals surface area contributed by atoms with Crippen molar-refractivity contribution < 1.29 is 14.2 Å². The molecule has 0 spiro atoms. The Balaban J connectivity index is 2.85. The SMILES string of the molecule is C[C@H](O)c1cc(F)ccc1OCC=CCl. The van der Waals surface area contributed by atoms with Gasteiger partial charge in [-0.2, -0.15) is 0 Å². The number of hydrogen-bond donors (Lipinski definition) is 1. The third kappa shape index (κ3) is 3.53. The Morgan fingerprint density at radius 1 is 1.60 bits per heavy atom. The Morgan fingerprint density at radius 3 is 2.93 bits per heavy atom. The van der Waals surface area contributed by atoms with E-state index in [4.69, 9.17) is 16.3 Å². The van der Waals surface area contributed by atoms with Gasteiger partial charge in [0.2, 0.25) is 0 Å². The molecule has 0 unspecified atom stereocenters. The predicted molar refractivity (Wildman–Crippen MR) is 57.5 cm³/mol. The maximum Gasteiger partial charge on any atom is 0.125 e. The minimum absolute atomic E-state index is 0.287. The predicted octanol–water partition coefficient (Wildman–Crippen LogP) is 3.01. The summed E-state index contributed by atoms with van der Waals surface area (Å²) in [5.41, 5.74) is 1.77. The van der Waals surface area contributed by atoms with Crippen LogP contribution in [0, 0.1) is 5.82 Å². The molecular weight excluding hydrogens is 219 g/mol. The highest BCUT2D eigenvalue weighted by Gasteiger charge is 2.09. The first-order chi connectivity index (χ1) is 7.15. The van der Waals surface area contributed by atoms with Gasteiger partial charge in [0, 0.05) is 11.1 Å². The summed E-state index contributed by atoms with van der Waals surface area (Å²) in [6, 6.07) is 4.02. The summed E-state index contributed by atoms with van der Waals surface area (Å²) < 4.78 is 18.2. The van der Waals surface area contributed by atoms with Gasteiger partial charge in [-0.25, -0.2) is 4.39 Å². The van der Waals surface area contributed by atoms with Crippen molar-refractivity contribution in [3.63, 3.8) is 0 Å². The van der Waals surface area contributed by atoms with Gasteiger partial charge < -0.3 is 9.84 Å². The molecule has 0 saturated heterocycles. The number of aliphatic hydroxyl groups is 1. The molecule has 15 heavy (non-hydrogen) atoms. The Hall–Kier alpha value is -1.06. The van der Waals surface area contributed by atoms with E-state index >= 15 is 0 Å². The number of ether oxygens (including phenoxy) is 1. The summed E-state index contributed by atoms with van der Waals surface area (Å²) in [4.78, 5) is 0. The first-order valence-electron chi connectivity index (χ1n) is 4.50. The Bertz CT molecular complexity index is 350. The van der Waals surface area contributed by atoms with Crippen molar-refractivity contribution in [2.75, 3.05) is 6.61 Å². The topological polar surface area (TPSA) is 29.5 Å². The minimum atomic E-state index is -0.768. The molecule has 0 fully saturated rings. The lowest BCUT2D eigenvalue weighted by Gasteiger charge is -2.12. The van der Waals surface area contributed by atoms with Gasteiger partial charge in [0.15, 0.2) is 0 Å². The first kappa shape index (κ1) is 12.0. The largest absolute Gasteiger partial charge is 0.489 e. The number of rotatable bonds is 4. The monoisotopic (exact) mass is 230 g/mol. The van der Waals surface area contributed by atoms with Crippen molar-refractivity contribution in [3.8, 4) is 5.75 Å². The standard InChI is InChI=1S/C11H12ClFO2/c1-8(14)10-7-9(13)3-4-11(10)15-6-2-5-12/h2-5,7-8,14H,6H2,1H3/t8-/m0/s1. The molecule has 0 aliphatic carbocycles. The molecule has 0 aliphatic rings. The lowest BCUT2D eigenvalue weighted by Crippen LogP contribution is -2.01. The van der Waals surface area contributed by atoms with Gasteiger partial charge >= 0.3 is 0 Å². The van der Waals surface area contributed by atoms with Gasteiger partial charge in [-0.3, -0.25) is 0 Å². The molecule has 0 amide bonds. The van der Waals surface area contributed by atoms with E-state index in [-0.39, 0.29) is 6.61 Å². The van der Waals surface area contributed by atoms with Crippen molar-refractivity contribution in [2.24, 2.45) is 0 Å². The van der Waals surface area contributed by atoms with Crippen LogP contribution in [0.5, 0.6) is 5.75 Å². The zero-order chi connectivity index (χ0) is 11.3. The molecule has 1 aromatic rings. The Kier molecular flexibility index (Phi) is 4.59. The fourth-order valence-electron chi connectivity index (χ4n) is 1.15. The Labute approximate surface area is 92.9 Å². The lowest BCUT2D eigenvalue weighted by atomic mass is 10.1. The van der Waals surface area contributed by atoms with Gasteiger partial charge in [0.1, 0.15) is 18.2 Å². The van der Waals surface area contributed by atoms with Crippen molar-refractivity contribution in [3.05, 3.63) is 41.2 Å². The van der Waals surface area contributed by atoms with Crippen molar-refractivity contribution in [2.45, 2.75) is 13.0 Å². The molecule has 0 aliphatic heterocycles. The maximum atomic E-state index is 12.9. The van der Waals surface area contributed by atoms with E-state index in [1.54, 1.807) is 13.0 Å². The van der Waals surface area contributed by atoms with Gasteiger partial charge in [0.05, 0.1) is 6.10 Å². The quantitative estimate of drug-likeness (QED) is 0.862. The minimum Gasteiger partial charge on any atom is -0.489 e. The molecule has 1 N–H and O–H groups in total. The normalized spacial score (nSPS) is 13.1. The zero-order valence-corrected chi connectivity index (χ0v) is 9.04. The average Bonchev–Trinajstić information content (AvgIpc) is 2.20. The van der Waals surface area contributed by atoms with E-state index in [1.807, 2.05) is 0 Å².